The molecule has 4 rings (SSSR count). The van der Waals surface area contributed by atoms with Crippen LogP contribution in [0.3, 0.4) is 0 Å². The molecular formula is C21H25N5O. The third kappa shape index (κ3) is 4.10. The number of rotatable bonds is 7. The van der Waals surface area contributed by atoms with Gasteiger partial charge in [0, 0.05) is 24.9 Å². The van der Waals surface area contributed by atoms with E-state index in [2.05, 4.69) is 22.4 Å². The highest BCUT2D eigenvalue weighted by molar-refractivity contribution is 5.90. The van der Waals surface area contributed by atoms with E-state index < -0.39 is 0 Å². The maximum atomic E-state index is 12.4. The molecule has 2 heterocycles. The van der Waals surface area contributed by atoms with Crippen LogP contribution in [0, 0.1) is 19.8 Å². The van der Waals surface area contributed by atoms with Gasteiger partial charge in [-0.2, -0.15) is 10.2 Å². The number of para-hydroxylation sites is 1. The van der Waals surface area contributed by atoms with E-state index in [0.29, 0.717) is 12.8 Å². The Bertz CT molecular complexity index is 937. The first-order valence-electron chi connectivity index (χ1n) is 9.53. The van der Waals surface area contributed by atoms with Gasteiger partial charge in [0.2, 0.25) is 5.91 Å². The molecule has 6 heteroatoms. The Morgan fingerprint density at radius 3 is 2.74 bits per heavy atom. The lowest BCUT2D eigenvalue weighted by molar-refractivity contribution is -0.116. The minimum atomic E-state index is 0.00670. The predicted octanol–water partition coefficient (Wildman–Crippen LogP) is 3.67. The molecule has 0 spiro atoms. The molecule has 140 valence electrons. The summed E-state index contributed by atoms with van der Waals surface area (Å²) >= 11 is 0. The number of carbonyl (C=O) groups excluding carboxylic acids is 1. The highest BCUT2D eigenvalue weighted by Crippen LogP contribution is 2.30. The molecule has 0 unspecified atom stereocenters. The van der Waals surface area contributed by atoms with Crippen molar-refractivity contribution >= 4 is 11.6 Å². The highest BCUT2D eigenvalue weighted by Gasteiger charge is 2.22. The molecule has 1 aliphatic carbocycles. The number of amides is 1. The van der Waals surface area contributed by atoms with Gasteiger partial charge in [0.15, 0.2) is 0 Å². The lowest BCUT2D eigenvalue weighted by Gasteiger charge is -2.06. The maximum Gasteiger partial charge on any atom is 0.224 e. The summed E-state index contributed by atoms with van der Waals surface area (Å²) in [5.74, 6) is 0.771. The Morgan fingerprint density at radius 1 is 1.22 bits per heavy atom. The van der Waals surface area contributed by atoms with Gasteiger partial charge in [-0.05, 0) is 56.7 Å². The van der Waals surface area contributed by atoms with Crippen molar-refractivity contribution in [1.82, 2.24) is 19.6 Å². The lowest BCUT2D eigenvalue weighted by atomic mass is 10.1. The van der Waals surface area contributed by atoms with E-state index in [-0.39, 0.29) is 5.91 Å². The summed E-state index contributed by atoms with van der Waals surface area (Å²) in [7, 11) is 0. The van der Waals surface area contributed by atoms with Gasteiger partial charge in [-0.15, -0.1) is 0 Å². The number of aromatic nitrogens is 4. The van der Waals surface area contributed by atoms with E-state index in [9.17, 15) is 4.79 Å². The molecule has 6 nitrogen and oxygen atoms in total. The van der Waals surface area contributed by atoms with Gasteiger partial charge in [0.1, 0.15) is 0 Å². The van der Waals surface area contributed by atoms with Crippen LogP contribution in [0.25, 0.3) is 5.69 Å². The zero-order valence-corrected chi connectivity index (χ0v) is 15.9. The molecule has 1 aromatic carbocycles. The topological polar surface area (TPSA) is 64.7 Å². The third-order valence-electron chi connectivity index (χ3n) is 5.10. The Kier molecular flexibility index (Phi) is 4.79. The van der Waals surface area contributed by atoms with E-state index in [1.807, 2.05) is 52.8 Å². The van der Waals surface area contributed by atoms with Crippen LogP contribution in [0.15, 0.2) is 42.7 Å². The predicted molar refractivity (Wildman–Crippen MR) is 105 cm³/mol. The maximum absolute atomic E-state index is 12.4. The summed E-state index contributed by atoms with van der Waals surface area (Å²) in [6, 6.07) is 10.1. The number of nitrogens with one attached hydrogen (secondary N) is 1. The molecular weight excluding hydrogens is 338 g/mol. The SMILES string of the molecule is Cc1nn(-c2ccccc2)c(C)c1CCC(=O)Nc1cnn(CC2CC2)c1. The van der Waals surface area contributed by atoms with Crippen molar-refractivity contribution in [2.24, 2.45) is 5.92 Å². The Balaban J connectivity index is 1.37. The second kappa shape index (κ2) is 7.39. The van der Waals surface area contributed by atoms with Crippen LogP contribution in [0.2, 0.25) is 0 Å². The fourth-order valence-corrected chi connectivity index (χ4v) is 3.41. The number of aryl methyl sites for hydroxylation is 1. The fraction of sp³-hybridized carbons (Fsp3) is 0.381. The molecule has 0 saturated heterocycles. The van der Waals surface area contributed by atoms with Gasteiger partial charge < -0.3 is 5.32 Å². The van der Waals surface area contributed by atoms with Gasteiger partial charge in [0.05, 0.1) is 23.3 Å². The van der Waals surface area contributed by atoms with E-state index in [1.54, 1.807) is 6.20 Å². The molecule has 1 N–H and O–H groups in total. The smallest absolute Gasteiger partial charge is 0.224 e. The summed E-state index contributed by atoms with van der Waals surface area (Å²) in [5.41, 5.74) is 5.01. The molecule has 1 aliphatic rings. The minimum absolute atomic E-state index is 0.00670. The minimum Gasteiger partial charge on any atom is -0.323 e. The first-order chi connectivity index (χ1) is 13.1. The molecule has 1 saturated carbocycles. The van der Waals surface area contributed by atoms with E-state index in [0.717, 1.165) is 40.8 Å². The van der Waals surface area contributed by atoms with Crippen LogP contribution in [0.1, 0.15) is 36.2 Å². The average Bonchev–Trinajstić information content (AvgIpc) is 3.30. The summed E-state index contributed by atoms with van der Waals surface area (Å²) in [4.78, 5) is 12.4. The normalized spacial score (nSPS) is 13.7. The fourth-order valence-electron chi connectivity index (χ4n) is 3.41. The van der Waals surface area contributed by atoms with Crippen LogP contribution in [0.4, 0.5) is 5.69 Å². The molecule has 1 amide bonds. The molecule has 0 aliphatic heterocycles. The molecule has 1 fully saturated rings. The number of nitrogens with zero attached hydrogens (tertiary/aromatic N) is 4. The van der Waals surface area contributed by atoms with Gasteiger partial charge in [-0.1, -0.05) is 18.2 Å². The van der Waals surface area contributed by atoms with Crippen LogP contribution in [-0.2, 0) is 17.8 Å². The van der Waals surface area contributed by atoms with Crippen molar-refractivity contribution < 1.29 is 4.79 Å². The Morgan fingerprint density at radius 2 is 2.00 bits per heavy atom. The highest BCUT2D eigenvalue weighted by atomic mass is 16.1. The van der Waals surface area contributed by atoms with E-state index >= 15 is 0 Å². The second-order valence-electron chi connectivity index (χ2n) is 7.34. The van der Waals surface area contributed by atoms with Crippen LogP contribution < -0.4 is 5.32 Å². The molecule has 0 bridgehead atoms. The first kappa shape index (κ1) is 17.5. The number of carbonyl (C=O) groups is 1. The van der Waals surface area contributed by atoms with Gasteiger partial charge in [0.25, 0.3) is 0 Å². The molecule has 27 heavy (non-hydrogen) atoms. The van der Waals surface area contributed by atoms with Crippen molar-refractivity contribution in [2.45, 2.75) is 46.1 Å². The standard InChI is InChI=1S/C21H25N5O/c1-15-20(16(2)26(24-15)19-6-4-3-5-7-19)10-11-21(27)23-18-12-22-25(14-18)13-17-8-9-17/h3-7,12,14,17H,8-11,13H2,1-2H3,(H,23,27). The molecule has 0 radical (unpaired) electrons. The zero-order chi connectivity index (χ0) is 18.8. The van der Waals surface area contributed by atoms with Crippen molar-refractivity contribution in [3.63, 3.8) is 0 Å². The van der Waals surface area contributed by atoms with Gasteiger partial charge in [-0.3, -0.25) is 9.48 Å². The second-order valence-corrected chi connectivity index (χ2v) is 7.34. The number of hydrogen-bond donors (Lipinski definition) is 1. The molecule has 0 atom stereocenters. The van der Waals surface area contributed by atoms with Gasteiger partial charge in [-0.25, -0.2) is 4.68 Å². The van der Waals surface area contributed by atoms with E-state index in [1.165, 1.54) is 12.8 Å². The van der Waals surface area contributed by atoms with Crippen molar-refractivity contribution in [3.8, 4) is 5.69 Å². The average molecular weight is 363 g/mol. The third-order valence-corrected chi connectivity index (χ3v) is 5.10. The summed E-state index contributed by atoms with van der Waals surface area (Å²) in [6.07, 6.45) is 7.32. The quantitative estimate of drug-likeness (QED) is 0.697. The summed E-state index contributed by atoms with van der Waals surface area (Å²) in [6.45, 7) is 5.01. The van der Waals surface area contributed by atoms with E-state index in [4.69, 9.17) is 0 Å². The molecule has 2 aromatic heterocycles. The number of benzene rings is 1. The number of hydrogen-bond acceptors (Lipinski definition) is 3. The van der Waals surface area contributed by atoms with Gasteiger partial charge >= 0.3 is 0 Å². The van der Waals surface area contributed by atoms with Crippen molar-refractivity contribution in [1.29, 1.82) is 0 Å². The Labute approximate surface area is 159 Å². The zero-order valence-electron chi connectivity index (χ0n) is 15.9. The van der Waals surface area contributed by atoms with Crippen molar-refractivity contribution in [2.75, 3.05) is 5.32 Å². The van der Waals surface area contributed by atoms with Crippen LogP contribution in [-0.4, -0.2) is 25.5 Å². The Hall–Kier alpha value is -2.89. The van der Waals surface area contributed by atoms with Crippen LogP contribution in [0.5, 0.6) is 0 Å². The largest absolute Gasteiger partial charge is 0.323 e. The van der Waals surface area contributed by atoms with Crippen molar-refractivity contribution in [3.05, 3.63) is 59.7 Å². The van der Waals surface area contributed by atoms with Crippen LogP contribution >= 0.6 is 0 Å². The summed E-state index contributed by atoms with van der Waals surface area (Å²) in [5, 5.41) is 11.9. The first-order valence-corrected chi connectivity index (χ1v) is 9.53. The molecule has 3 aromatic rings. The summed E-state index contributed by atoms with van der Waals surface area (Å²) < 4.78 is 3.87. The number of anilines is 1. The monoisotopic (exact) mass is 363 g/mol. The lowest BCUT2D eigenvalue weighted by Crippen LogP contribution is -2.12.